The molecule has 0 atom stereocenters. The molecule has 2 amide bonds. The number of rotatable bonds is 2. The molecule has 2 aliphatic rings. The number of ether oxygens (including phenoxy) is 1. The molecule has 0 bridgehead atoms. The first kappa shape index (κ1) is 18.2. The molecular formula is C18H23N3O5. The summed E-state index contributed by atoms with van der Waals surface area (Å²) in [6, 6.07) is 4.40. The van der Waals surface area contributed by atoms with Crippen LogP contribution in [-0.2, 0) is 11.3 Å². The quantitative estimate of drug-likeness (QED) is 0.596. The van der Waals surface area contributed by atoms with Crippen molar-refractivity contribution < 1.29 is 19.2 Å². The number of carbonyl (C=O) groups excluding carboxylic acids is 2. The Balaban J connectivity index is 1.63. The van der Waals surface area contributed by atoms with Gasteiger partial charge < -0.3 is 14.5 Å². The van der Waals surface area contributed by atoms with Crippen LogP contribution in [0.4, 0.5) is 10.5 Å². The molecule has 1 fully saturated rings. The molecule has 8 nitrogen and oxygen atoms in total. The van der Waals surface area contributed by atoms with E-state index in [0.717, 1.165) is 0 Å². The number of non-ortho nitro benzene ring substituents is 1. The van der Waals surface area contributed by atoms with E-state index in [-0.39, 0.29) is 23.7 Å². The summed E-state index contributed by atoms with van der Waals surface area (Å²) in [6.45, 7) is 6.93. The molecule has 0 radical (unpaired) electrons. The van der Waals surface area contributed by atoms with Crippen LogP contribution in [0.3, 0.4) is 0 Å². The lowest BCUT2D eigenvalue weighted by Crippen LogP contribution is -2.48. The molecule has 8 heteroatoms. The molecule has 2 heterocycles. The molecule has 2 aliphatic heterocycles. The van der Waals surface area contributed by atoms with Crippen molar-refractivity contribution >= 4 is 17.7 Å². The Hall–Kier alpha value is -2.64. The van der Waals surface area contributed by atoms with Crippen molar-refractivity contribution in [1.29, 1.82) is 0 Å². The van der Waals surface area contributed by atoms with E-state index in [0.29, 0.717) is 43.6 Å². The summed E-state index contributed by atoms with van der Waals surface area (Å²) < 4.78 is 5.39. The SMILES string of the molecule is CC(C)(C)OC(=O)N1CCC(N2Cc3cc([N+](=O)[O-])ccc3C2=O)CC1. The average Bonchev–Trinajstić information content (AvgIpc) is 2.90. The highest BCUT2D eigenvalue weighted by Crippen LogP contribution is 2.31. The second-order valence-electron chi connectivity index (χ2n) is 7.73. The Morgan fingerprint density at radius 2 is 1.92 bits per heavy atom. The van der Waals surface area contributed by atoms with E-state index in [1.54, 1.807) is 9.80 Å². The van der Waals surface area contributed by atoms with Crippen LogP contribution in [0.15, 0.2) is 18.2 Å². The monoisotopic (exact) mass is 361 g/mol. The van der Waals surface area contributed by atoms with E-state index in [1.807, 2.05) is 20.8 Å². The number of amides is 2. The van der Waals surface area contributed by atoms with E-state index >= 15 is 0 Å². The minimum Gasteiger partial charge on any atom is -0.444 e. The molecule has 0 N–H and O–H groups in total. The summed E-state index contributed by atoms with van der Waals surface area (Å²) in [4.78, 5) is 38.7. The summed E-state index contributed by atoms with van der Waals surface area (Å²) in [5.74, 6) is -0.0920. The first-order valence-electron chi connectivity index (χ1n) is 8.72. The molecule has 3 rings (SSSR count). The number of benzene rings is 1. The van der Waals surface area contributed by atoms with Gasteiger partial charge in [-0.2, -0.15) is 0 Å². The van der Waals surface area contributed by atoms with E-state index in [2.05, 4.69) is 0 Å². The molecule has 0 aliphatic carbocycles. The molecular weight excluding hydrogens is 338 g/mol. The van der Waals surface area contributed by atoms with Crippen molar-refractivity contribution in [2.24, 2.45) is 0 Å². The molecule has 0 aromatic heterocycles. The molecule has 140 valence electrons. The second kappa shape index (κ2) is 6.59. The highest BCUT2D eigenvalue weighted by molar-refractivity contribution is 5.98. The van der Waals surface area contributed by atoms with E-state index in [9.17, 15) is 19.7 Å². The van der Waals surface area contributed by atoms with Crippen molar-refractivity contribution in [3.8, 4) is 0 Å². The Bertz CT molecular complexity index is 748. The fraction of sp³-hybridized carbons (Fsp3) is 0.556. The summed E-state index contributed by atoms with van der Waals surface area (Å²) in [5.41, 5.74) is 0.692. The van der Waals surface area contributed by atoms with Crippen molar-refractivity contribution in [3.63, 3.8) is 0 Å². The van der Waals surface area contributed by atoms with Gasteiger partial charge in [0, 0.05) is 43.4 Å². The van der Waals surface area contributed by atoms with Crippen LogP contribution in [0.5, 0.6) is 0 Å². The van der Waals surface area contributed by atoms with Crippen LogP contribution in [-0.4, -0.2) is 51.5 Å². The van der Waals surface area contributed by atoms with Gasteiger partial charge in [-0.05, 0) is 45.2 Å². The van der Waals surface area contributed by atoms with Crippen LogP contribution in [0.25, 0.3) is 0 Å². The first-order chi connectivity index (χ1) is 12.2. The summed E-state index contributed by atoms with van der Waals surface area (Å²) in [5, 5.41) is 10.9. The average molecular weight is 361 g/mol. The maximum atomic E-state index is 12.6. The normalized spacial score (nSPS) is 18.0. The summed E-state index contributed by atoms with van der Waals surface area (Å²) >= 11 is 0. The zero-order chi connectivity index (χ0) is 19.1. The summed E-state index contributed by atoms with van der Waals surface area (Å²) in [7, 11) is 0. The van der Waals surface area contributed by atoms with Gasteiger partial charge in [0.05, 0.1) is 4.92 Å². The van der Waals surface area contributed by atoms with Gasteiger partial charge in [0.25, 0.3) is 11.6 Å². The third kappa shape index (κ3) is 3.63. The van der Waals surface area contributed by atoms with Crippen LogP contribution >= 0.6 is 0 Å². The van der Waals surface area contributed by atoms with Crippen molar-refractivity contribution in [1.82, 2.24) is 9.80 Å². The van der Waals surface area contributed by atoms with E-state index in [1.165, 1.54) is 18.2 Å². The molecule has 0 spiro atoms. The van der Waals surface area contributed by atoms with Gasteiger partial charge in [-0.15, -0.1) is 0 Å². The first-order valence-corrected chi connectivity index (χ1v) is 8.72. The van der Waals surface area contributed by atoms with Gasteiger partial charge in [0.15, 0.2) is 0 Å². The van der Waals surface area contributed by atoms with Gasteiger partial charge >= 0.3 is 6.09 Å². The van der Waals surface area contributed by atoms with Crippen LogP contribution < -0.4 is 0 Å². The lowest BCUT2D eigenvalue weighted by molar-refractivity contribution is -0.384. The predicted octanol–water partition coefficient (Wildman–Crippen LogP) is 2.95. The van der Waals surface area contributed by atoms with Crippen LogP contribution in [0.1, 0.15) is 49.5 Å². The number of carbonyl (C=O) groups is 2. The fourth-order valence-electron chi connectivity index (χ4n) is 3.42. The molecule has 1 aromatic carbocycles. The smallest absolute Gasteiger partial charge is 0.410 e. The van der Waals surface area contributed by atoms with Gasteiger partial charge in [-0.1, -0.05) is 0 Å². The van der Waals surface area contributed by atoms with Crippen LogP contribution in [0, 0.1) is 10.1 Å². The molecule has 1 aromatic rings. The lowest BCUT2D eigenvalue weighted by Gasteiger charge is -2.37. The zero-order valence-corrected chi connectivity index (χ0v) is 15.2. The number of nitrogens with zero attached hydrogens (tertiary/aromatic N) is 3. The third-order valence-electron chi connectivity index (χ3n) is 4.69. The lowest BCUT2D eigenvalue weighted by atomic mass is 10.0. The second-order valence-corrected chi connectivity index (χ2v) is 7.73. The van der Waals surface area contributed by atoms with Gasteiger partial charge in [-0.25, -0.2) is 4.79 Å². The van der Waals surface area contributed by atoms with Crippen molar-refractivity contribution in [2.45, 2.75) is 51.8 Å². The number of likely N-dealkylation sites (tertiary alicyclic amines) is 1. The molecule has 0 saturated carbocycles. The Labute approximate surface area is 151 Å². The minimum atomic E-state index is -0.533. The standard InChI is InChI=1S/C18H23N3O5/c1-18(2,3)26-17(23)19-8-6-13(7-9-19)20-11-12-10-14(21(24)25)4-5-15(12)16(20)22/h4-5,10,13H,6-9,11H2,1-3H3. The number of hydrogen-bond acceptors (Lipinski definition) is 5. The zero-order valence-electron chi connectivity index (χ0n) is 15.2. The van der Waals surface area contributed by atoms with Crippen molar-refractivity contribution in [2.75, 3.05) is 13.1 Å². The number of hydrogen-bond donors (Lipinski definition) is 0. The van der Waals surface area contributed by atoms with Gasteiger partial charge in [0.2, 0.25) is 0 Å². The largest absolute Gasteiger partial charge is 0.444 e. The third-order valence-corrected chi connectivity index (χ3v) is 4.69. The molecule has 1 saturated heterocycles. The molecule has 0 unspecified atom stereocenters. The van der Waals surface area contributed by atoms with Gasteiger partial charge in [-0.3, -0.25) is 14.9 Å². The van der Waals surface area contributed by atoms with Crippen molar-refractivity contribution in [3.05, 3.63) is 39.4 Å². The number of nitro groups is 1. The topological polar surface area (TPSA) is 93.0 Å². The minimum absolute atomic E-state index is 0.00172. The Morgan fingerprint density at radius 3 is 2.50 bits per heavy atom. The Kier molecular flexibility index (Phi) is 4.60. The highest BCUT2D eigenvalue weighted by Gasteiger charge is 2.36. The number of fused-ring (bicyclic) bond motifs is 1. The molecule has 26 heavy (non-hydrogen) atoms. The van der Waals surface area contributed by atoms with E-state index < -0.39 is 10.5 Å². The van der Waals surface area contributed by atoms with Gasteiger partial charge in [0.1, 0.15) is 5.60 Å². The maximum Gasteiger partial charge on any atom is 0.410 e. The fourth-order valence-corrected chi connectivity index (χ4v) is 3.42. The van der Waals surface area contributed by atoms with E-state index in [4.69, 9.17) is 4.74 Å². The maximum absolute atomic E-state index is 12.6. The van der Waals surface area contributed by atoms with Crippen LogP contribution in [0.2, 0.25) is 0 Å². The summed E-state index contributed by atoms with van der Waals surface area (Å²) in [6.07, 6.45) is 1.00. The number of piperidine rings is 1. The Morgan fingerprint density at radius 1 is 1.27 bits per heavy atom. The highest BCUT2D eigenvalue weighted by atomic mass is 16.6. The number of nitro benzene ring substituents is 1. The predicted molar refractivity (Wildman–Crippen MR) is 93.8 cm³/mol.